The van der Waals surface area contributed by atoms with Crippen LogP contribution in [0.25, 0.3) is 0 Å². The number of hydrogen-bond acceptors (Lipinski definition) is 4. The Hall–Kier alpha value is -0.940. The Morgan fingerprint density at radius 1 is 1.29 bits per heavy atom. The van der Waals surface area contributed by atoms with Crippen molar-refractivity contribution >= 4 is 0 Å². The van der Waals surface area contributed by atoms with Gasteiger partial charge in [0.2, 0.25) is 0 Å². The molecule has 0 radical (unpaired) electrons. The van der Waals surface area contributed by atoms with Gasteiger partial charge in [-0.2, -0.15) is 0 Å². The van der Waals surface area contributed by atoms with Gasteiger partial charge < -0.3 is 10.1 Å². The van der Waals surface area contributed by atoms with E-state index in [1.54, 1.807) is 0 Å². The molecule has 0 amide bonds. The van der Waals surface area contributed by atoms with Crippen LogP contribution in [0.4, 0.5) is 0 Å². The van der Waals surface area contributed by atoms with Crippen LogP contribution in [0.5, 0.6) is 0 Å². The summed E-state index contributed by atoms with van der Waals surface area (Å²) in [6, 6.07) is 0.718. The third kappa shape index (κ3) is 4.51. The van der Waals surface area contributed by atoms with Crippen molar-refractivity contribution in [3.05, 3.63) is 11.9 Å². The standard InChI is InChI=1S/C16H28N4O/c1-2-13-5-3-4-6-16(13)21-10-9-20-12-15(18-19-20)11-17-14-7-8-14/h12-14,16-17H,2-11H2,1H3. The maximum Gasteiger partial charge on any atom is 0.0964 e. The fourth-order valence-corrected chi connectivity index (χ4v) is 3.22. The zero-order chi connectivity index (χ0) is 14.5. The van der Waals surface area contributed by atoms with Gasteiger partial charge in [-0.1, -0.05) is 31.4 Å². The van der Waals surface area contributed by atoms with Gasteiger partial charge in [-0.3, -0.25) is 0 Å². The Kier molecular flexibility index (Phi) is 5.25. The van der Waals surface area contributed by atoms with Crippen molar-refractivity contribution in [3.63, 3.8) is 0 Å². The molecule has 0 spiro atoms. The average Bonchev–Trinajstić information content (AvgIpc) is 3.24. The van der Waals surface area contributed by atoms with E-state index in [1.807, 2.05) is 10.9 Å². The summed E-state index contributed by atoms with van der Waals surface area (Å²) in [4.78, 5) is 0. The highest BCUT2D eigenvalue weighted by Gasteiger charge is 2.24. The maximum absolute atomic E-state index is 6.10. The highest BCUT2D eigenvalue weighted by molar-refractivity contribution is 4.94. The third-order valence-corrected chi connectivity index (χ3v) is 4.75. The molecule has 3 rings (SSSR count). The first-order valence-corrected chi connectivity index (χ1v) is 8.59. The zero-order valence-electron chi connectivity index (χ0n) is 13.1. The average molecular weight is 292 g/mol. The third-order valence-electron chi connectivity index (χ3n) is 4.75. The van der Waals surface area contributed by atoms with Crippen LogP contribution in [-0.2, 0) is 17.8 Å². The molecule has 5 nitrogen and oxygen atoms in total. The summed E-state index contributed by atoms with van der Waals surface area (Å²) in [5.74, 6) is 0.757. The van der Waals surface area contributed by atoms with Crippen LogP contribution in [0.1, 0.15) is 57.6 Å². The van der Waals surface area contributed by atoms with Crippen LogP contribution in [0.15, 0.2) is 6.20 Å². The summed E-state index contributed by atoms with van der Waals surface area (Å²) >= 11 is 0. The highest BCUT2D eigenvalue weighted by atomic mass is 16.5. The molecule has 2 saturated carbocycles. The molecular weight excluding hydrogens is 264 g/mol. The molecular formula is C16H28N4O. The van der Waals surface area contributed by atoms with Gasteiger partial charge in [-0.15, -0.1) is 5.10 Å². The van der Waals surface area contributed by atoms with Crippen molar-refractivity contribution in [1.29, 1.82) is 0 Å². The molecule has 2 unspecified atom stereocenters. The minimum absolute atomic E-state index is 0.461. The van der Waals surface area contributed by atoms with Crippen LogP contribution >= 0.6 is 0 Å². The van der Waals surface area contributed by atoms with E-state index in [1.165, 1.54) is 44.9 Å². The van der Waals surface area contributed by atoms with E-state index in [-0.39, 0.29) is 0 Å². The Morgan fingerprint density at radius 2 is 2.14 bits per heavy atom. The van der Waals surface area contributed by atoms with E-state index < -0.39 is 0 Å². The lowest BCUT2D eigenvalue weighted by Crippen LogP contribution is -2.28. The lowest BCUT2D eigenvalue weighted by Gasteiger charge is -2.30. The summed E-state index contributed by atoms with van der Waals surface area (Å²) in [6.07, 6.45) is 11.6. The molecule has 1 heterocycles. The molecule has 1 aromatic rings. The minimum atomic E-state index is 0.461. The number of ether oxygens (including phenoxy) is 1. The second-order valence-electron chi connectivity index (χ2n) is 6.49. The van der Waals surface area contributed by atoms with Gasteiger partial charge in [-0.25, -0.2) is 4.68 Å². The first kappa shape index (κ1) is 15.0. The largest absolute Gasteiger partial charge is 0.376 e. The fourth-order valence-electron chi connectivity index (χ4n) is 3.22. The van der Waals surface area contributed by atoms with Gasteiger partial charge >= 0.3 is 0 Å². The van der Waals surface area contributed by atoms with E-state index in [0.29, 0.717) is 6.10 Å². The SMILES string of the molecule is CCC1CCCCC1OCCn1cc(CNC2CC2)nn1. The molecule has 1 aromatic heterocycles. The molecule has 118 valence electrons. The normalized spacial score (nSPS) is 26.1. The number of aromatic nitrogens is 3. The van der Waals surface area contributed by atoms with Gasteiger partial charge in [0.05, 0.1) is 24.9 Å². The predicted octanol–water partition coefficient (Wildman–Crippen LogP) is 2.52. The number of rotatable bonds is 8. The van der Waals surface area contributed by atoms with Gasteiger partial charge in [0.15, 0.2) is 0 Å². The van der Waals surface area contributed by atoms with Gasteiger partial charge in [0, 0.05) is 18.8 Å². The zero-order valence-corrected chi connectivity index (χ0v) is 13.1. The molecule has 2 aliphatic carbocycles. The van der Waals surface area contributed by atoms with Crippen molar-refractivity contribution in [2.24, 2.45) is 5.92 Å². The topological polar surface area (TPSA) is 52.0 Å². The molecule has 2 atom stereocenters. The van der Waals surface area contributed by atoms with E-state index in [9.17, 15) is 0 Å². The van der Waals surface area contributed by atoms with Crippen molar-refractivity contribution < 1.29 is 4.74 Å². The first-order valence-electron chi connectivity index (χ1n) is 8.59. The van der Waals surface area contributed by atoms with Crippen molar-refractivity contribution in [2.45, 2.75) is 77.1 Å². The summed E-state index contributed by atoms with van der Waals surface area (Å²) < 4.78 is 8.01. The van der Waals surface area contributed by atoms with E-state index in [2.05, 4.69) is 22.6 Å². The molecule has 2 fully saturated rings. The Morgan fingerprint density at radius 3 is 2.95 bits per heavy atom. The van der Waals surface area contributed by atoms with Gasteiger partial charge in [0.25, 0.3) is 0 Å². The predicted molar refractivity (Wildman–Crippen MR) is 81.9 cm³/mol. The minimum Gasteiger partial charge on any atom is -0.376 e. The van der Waals surface area contributed by atoms with E-state index >= 15 is 0 Å². The maximum atomic E-state index is 6.10. The monoisotopic (exact) mass is 292 g/mol. The fraction of sp³-hybridized carbons (Fsp3) is 0.875. The first-order chi connectivity index (χ1) is 10.3. The summed E-state index contributed by atoms with van der Waals surface area (Å²) in [6.45, 7) is 4.68. The lowest BCUT2D eigenvalue weighted by molar-refractivity contribution is -0.0162. The van der Waals surface area contributed by atoms with Crippen LogP contribution in [0.3, 0.4) is 0 Å². The Bertz CT molecular complexity index is 430. The van der Waals surface area contributed by atoms with Crippen molar-refractivity contribution in [1.82, 2.24) is 20.3 Å². The quantitative estimate of drug-likeness (QED) is 0.800. The van der Waals surface area contributed by atoms with Gasteiger partial charge in [-0.05, 0) is 31.6 Å². The summed E-state index contributed by atoms with van der Waals surface area (Å²) in [5, 5.41) is 11.9. The summed E-state index contributed by atoms with van der Waals surface area (Å²) in [5.41, 5.74) is 1.03. The van der Waals surface area contributed by atoms with E-state index in [0.717, 1.165) is 37.4 Å². The van der Waals surface area contributed by atoms with Gasteiger partial charge in [0.1, 0.15) is 0 Å². The van der Waals surface area contributed by atoms with Crippen LogP contribution in [-0.4, -0.2) is 33.7 Å². The van der Waals surface area contributed by atoms with Crippen LogP contribution in [0.2, 0.25) is 0 Å². The molecule has 0 bridgehead atoms. The molecule has 1 N–H and O–H groups in total. The molecule has 0 aromatic carbocycles. The second kappa shape index (κ2) is 7.36. The van der Waals surface area contributed by atoms with Crippen LogP contribution < -0.4 is 5.32 Å². The highest BCUT2D eigenvalue weighted by Crippen LogP contribution is 2.29. The van der Waals surface area contributed by atoms with E-state index in [4.69, 9.17) is 4.74 Å². The second-order valence-corrected chi connectivity index (χ2v) is 6.49. The molecule has 0 saturated heterocycles. The summed E-state index contributed by atoms with van der Waals surface area (Å²) in [7, 11) is 0. The Balaban J connectivity index is 1.38. The molecule has 2 aliphatic rings. The van der Waals surface area contributed by atoms with Crippen molar-refractivity contribution in [2.75, 3.05) is 6.61 Å². The van der Waals surface area contributed by atoms with Crippen molar-refractivity contribution in [3.8, 4) is 0 Å². The number of nitrogens with one attached hydrogen (secondary N) is 1. The molecule has 0 aliphatic heterocycles. The Labute approximate surface area is 127 Å². The van der Waals surface area contributed by atoms with Crippen LogP contribution in [0, 0.1) is 5.92 Å². The smallest absolute Gasteiger partial charge is 0.0964 e. The number of hydrogen-bond donors (Lipinski definition) is 1. The number of nitrogens with zero attached hydrogens (tertiary/aromatic N) is 3. The molecule has 5 heteroatoms. The molecule has 21 heavy (non-hydrogen) atoms. The lowest BCUT2D eigenvalue weighted by atomic mass is 9.85.